The zero-order valence-electron chi connectivity index (χ0n) is 14.9. The number of carbonyl (C=O) groups excluding carboxylic acids is 1. The van der Waals surface area contributed by atoms with Crippen molar-refractivity contribution in [3.05, 3.63) is 18.0 Å². The molecule has 2 atom stereocenters. The standard InChI is InChI=1S/C18H29N5O2/c24-18(17-3-6-23(20-17)16-2-1-5-19-12-16)22-9-7-21(8-10-22)13-15-4-11-25-14-15/h3,6,15-16,19H,1-2,4-5,7-14H2. The van der Waals surface area contributed by atoms with Gasteiger partial charge in [-0.2, -0.15) is 5.10 Å². The van der Waals surface area contributed by atoms with Gasteiger partial charge in [0, 0.05) is 52.1 Å². The Hall–Kier alpha value is -1.44. The van der Waals surface area contributed by atoms with Crippen LogP contribution in [0.1, 0.15) is 35.8 Å². The number of carbonyl (C=O) groups is 1. The monoisotopic (exact) mass is 347 g/mol. The molecule has 0 aromatic carbocycles. The molecule has 3 aliphatic rings. The Morgan fingerprint density at radius 2 is 2.16 bits per heavy atom. The number of rotatable bonds is 4. The number of hydrogen-bond donors (Lipinski definition) is 1. The fourth-order valence-corrected chi connectivity index (χ4v) is 4.10. The van der Waals surface area contributed by atoms with Crippen LogP contribution in [0.4, 0.5) is 0 Å². The van der Waals surface area contributed by atoms with E-state index in [4.69, 9.17) is 4.74 Å². The molecule has 4 heterocycles. The molecule has 3 aliphatic heterocycles. The highest BCUT2D eigenvalue weighted by Crippen LogP contribution is 2.18. The van der Waals surface area contributed by atoms with Crippen LogP contribution in [0.3, 0.4) is 0 Å². The van der Waals surface area contributed by atoms with E-state index in [0.717, 1.165) is 65.4 Å². The summed E-state index contributed by atoms with van der Waals surface area (Å²) in [6, 6.07) is 2.25. The summed E-state index contributed by atoms with van der Waals surface area (Å²) < 4.78 is 7.43. The molecule has 1 aromatic heterocycles. The van der Waals surface area contributed by atoms with Gasteiger partial charge in [-0.1, -0.05) is 0 Å². The Morgan fingerprint density at radius 1 is 1.28 bits per heavy atom. The number of nitrogens with one attached hydrogen (secondary N) is 1. The summed E-state index contributed by atoms with van der Waals surface area (Å²) in [7, 11) is 0. The minimum atomic E-state index is 0.0753. The molecular formula is C18H29N5O2. The number of piperazine rings is 1. The van der Waals surface area contributed by atoms with Gasteiger partial charge in [-0.3, -0.25) is 14.4 Å². The van der Waals surface area contributed by atoms with Crippen molar-refractivity contribution < 1.29 is 9.53 Å². The van der Waals surface area contributed by atoms with E-state index in [1.54, 1.807) is 0 Å². The maximum atomic E-state index is 12.7. The van der Waals surface area contributed by atoms with Crippen molar-refractivity contribution >= 4 is 5.91 Å². The molecule has 7 heteroatoms. The summed E-state index contributed by atoms with van der Waals surface area (Å²) in [6.45, 7) is 8.43. The molecule has 3 saturated heterocycles. The van der Waals surface area contributed by atoms with Crippen LogP contribution in [-0.4, -0.2) is 84.5 Å². The lowest BCUT2D eigenvalue weighted by Crippen LogP contribution is -2.50. The molecule has 0 aliphatic carbocycles. The Morgan fingerprint density at radius 3 is 2.88 bits per heavy atom. The minimum Gasteiger partial charge on any atom is -0.381 e. The van der Waals surface area contributed by atoms with Crippen molar-refractivity contribution in [3.63, 3.8) is 0 Å². The molecular weight excluding hydrogens is 318 g/mol. The van der Waals surface area contributed by atoms with Gasteiger partial charge in [0.05, 0.1) is 12.6 Å². The molecule has 1 N–H and O–H groups in total. The number of hydrogen-bond acceptors (Lipinski definition) is 5. The fraction of sp³-hybridized carbons (Fsp3) is 0.778. The maximum absolute atomic E-state index is 12.7. The number of piperidine rings is 1. The van der Waals surface area contributed by atoms with Crippen LogP contribution in [0.5, 0.6) is 0 Å². The lowest BCUT2D eigenvalue weighted by molar-refractivity contribution is 0.0604. The SMILES string of the molecule is O=C(c1ccn(C2CCCNC2)n1)N1CCN(CC2CCOC2)CC1. The average Bonchev–Trinajstić information content (AvgIpc) is 3.34. The van der Waals surface area contributed by atoms with Crippen LogP contribution in [0.2, 0.25) is 0 Å². The molecule has 7 nitrogen and oxygen atoms in total. The lowest BCUT2D eigenvalue weighted by Gasteiger charge is -2.35. The van der Waals surface area contributed by atoms with Gasteiger partial charge in [-0.15, -0.1) is 0 Å². The highest BCUT2D eigenvalue weighted by Gasteiger charge is 2.27. The van der Waals surface area contributed by atoms with Crippen molar-refractivity contribution in [3.8, 4) is 0 Å². The Kier molecular flexibility index (Phi) is 5.33. The summed E-state index contributed by atoms with van der Waals surface area (Å²) in [5, 5.41) is 7.97. The van der Waals surface area contributed by atoms with E-state index in [1.807, 2.05) is 21.8 Å². The topological polar surface area (TPSA) is 62.6 Å². The van der Waals surface area contributed by atoms with Crippen LogP contribution in [0.15, 0.2) is 12.3 Å². The third-order valence-corrected chi connectivity index (χ3v) is 5.67. The Balaban J connectivity index is 1.29. The van der Waals surface area contributed by atoms with E-state index >= 15 is 0 Å². The van der Waals surface area contributed by atoms with E-state index in [0.29, 0.717) is 17.7 Å². The van der Waals surface area contributed by atoms with Gasteiger partial charge in [0.25, 0.3) is 5.91 Å². The van der Waals surface area contributed by atoms with Crippen molar-refractivity contribution in [1.82, 2.24) is 24.9 Å². The highest BCUT2D eigenvalue weighted by molar-refractivity contribution is 5.92. The molecule has 1 aromatic rings. The summed E-state index contributed by atoms with van der Waals surface area (Å²) in [5.74, 6) is 0.744. The highest BCUT2D eigenvalue weighted by atomic mass is 16.5. The molecule has 2 unspecified atom stereocenters. The first-order chi connectivity index (χ1) is 12.3. The average molecular weight is 347 g/mol. The maximum Gasteiger partial charge on any atom is 0.274 e. The summed E-state index contributed by atoms with van der Waals surface area (Å²) in [4.78, 5) is 17.2. The van der Waals surface area contributed by atoms with Gasteiger partial charge in [-0.25, -0.2) is 0 Å². The van der Waals surface area contributed by atoms with Crippen molar-refractivity contribution in [1.29, 1.82) is 0 Å². The third kappa shape index (κ3) is 4.04. The lowest BCUT2D eigenvalue weighted by atomic mass is 10.1. The number of nitrogens with zero attached hydrogens (tertiary/aromatic N) is 4. The number of ether oxygens (including phenoxy) is 1. The van der Waals surface area contributed by atoms with Gasteiger partial charge in [0.1, 0.15) is 5.69 Å². The molecule has 138 valence electrons. The molecule has 1 amide bonds. The number of aromatic nitrogens is 2. The van der Waals surface area contributed by atoms with Crippen LogP contribution < -0.4 is 5.32 Å². The smallest absolute Gasteiger partial charge is 0.274 e. The van der Waals surface area contributed by atoms with Crippen LogP contribution in [0, 0.1) is 5.92 Å². The van der Waals surface area contributed by atoms with Crippen molar-refractivity contribution in [2.75, 3.05) is 59.0 Å². The van der Waals surface area contributed by atoms with Crippen LogP contribution in [-0.2, 0) is 4.74 Å². The predicted octanol–water partition coefficient (Wildman–Crippen LogP) is 0.602. The molecule has 4 rings (SSSR count). The zero-order valence-corrected chi connectivity index (χ0v) is 14.9. The predicted molar refractivity (Wildman–Crippen MR) is 94.6 cm³/mol. The van der Waals surface area contributed by atoms with Gasteiger partial charge in [-0.05, 0) is 37.8 Å². The quantitative estimate of drug-likeness (QED) is 0.864. The van der Waals surface area contributed by atoms with E-state index in [9.17, 15) is 4.79 Å². The minimum absolute atomic E-state index is 0.0753. The molecule has 3 fully saturated rings. The van der Waals surface area contributed by atoms with Crippen molar-refractivity contribution in [2.45, 2.75) is 25.3 Å². The second kappa shape index (κ2) is 7.85. The summed E-state index contributed by atoms with van der Waals surface area (Å²) in [6.07, 6.45) is 5.43. The zero-order chi connectivity index (χ0) is 17.1. The normalized spacial score (nSPS) is 28.4. The number of amides is 1. The van der Waals surface area contributed by atoms with Gasteiger partial charge in [0.15, 0.2) is 0 Å². The van der Waals surface area contributed by atoms with E-state index in [-0.39, 0.29) is 5.91 Å². The van der Waals surface area contributed by atoms with Gasteiger partial charge < -0.3 is 15.0 Å². The first-order valence-electron chi connectivity index (χ1n) is 9.65. The first-order valence-corrected chi connectivity index (χ1v) is 9.65. The van der Waals surface area contributed by atoms with E-state index in [1.165, 1.54) is 12.8 Å². The second-order valence-electron chi connectivity index (χ2n) is 7.50. The van der Waals surface area contributed by atoms with Gasteiger partial charge >= 0.3 is 0 Å². The molecule has 0 spiro atoms. The largest absolute Gasteiger partial charge is 0.381 e. The van der Waals surface area contributed by atoms with E-state index in [2.05, 4.69) is 15.3 Å². The van der Waals surface area contributed by atoms with Crippen LogP contribution >= 0.6 is 0 Å². The van der Waals surface area contributed by atoms with Gasteiger partial charge in [0.2, 0.25) is 0 Å². The Labute approximate surface area is 149 Å². The second-order valence-corrected chi connectivity index (χ2v) is 7.50. The molecule has 25 heavy (non-hydrogen) atoms. The summed E-state index contributed by atoms with van der Waals surface area (Å²) in [5.41, 5.74) is 0.586. The fourth-order valence-electron chi connectivity index (χ4n) is 4.10. The van der Waals surface area contributed by atoms with E-state index < -0.39 is 0 Å². The molecule has 0 radical (unpaired) electrons. The first kappa shape index (κ1) is 17.0. The van der Waals surface area contributed by atoms with Crippen molar-refractivity contribution in [2.24, 2.45) is 5.92 Å². The summed E-state index contributed by atoms with van der Waals surface area (Å²) >= 11 is 0. The molecule has 0 bridgehead atoms. The Bertz CT molecular complexity index is 570. The van der Waals surface area contributed by atoms with Crippen LogP contribution in [0.25, 0.3) is 0 Å². The third-order valence-electron chi connectivity index (χ3n) is 5.67. The molecule has 0 saturated carbocycles.